The number of rotatable bonds is 5. The summed E-state index contributed by atoms with van der Waals surface area (Å²) < 4.78 is 5.56. The Labute approximate surface area is 144 Å². The van der Waals surface area contributed by atoms with Gasteiger partial charge in [-0.3, -0.25) is 14.6 Å². The minimum absolute atomic E-state index is 0.287. The fourth-order valence-corrected chi connectivity index (χ4v) is 2.61. The molecule has 2 atom stereocenters. The van der Waals surface area contributed by atoms with Crippen LogP contribution in [0, 0.1) is 5.92 Å². The lowest BCUT2D eigenvalue weighted by molar-refractivity contribution is -0.142. The Morgan fingerprint density at radius 3 is 2.92 bits per heavy atom. The summed E-state index contributed by atoms with van der Waals surface area (Å²) in [6, 6.07) is 6.39. The van der Waals surface area contributed by atoms with Crippen LogP contribution < -0.4 is 10.1 Å². The summed E-state index contributed by atoms with van der Waals surface area (Å²) in [6.45, 7) is 0. The Kier molecular flexibility index (Phi) is 5.03. The van der Waals surface area contributed by atoms with Crippen molar-refractivity contribution in [3.63, 3.8) is 0 Å². The Morgan fingerprint density at radius 1 is 1.28 bits per heavy atom. The molecule has 1 heterocycles. The third-order valence-electron chi connectivity index (χ3n) is 3.85. The van der Waals surface area contributed by atoms with Gasteiger partial charge in [0.05, 0.1) is 12.1 Å². The predicted molar refractivity (Wildman–Crippen MR) is 89.3 cm³/mol. The van der Waals surface area contributed by atoms with Gasteiger partial charge in [-0.25, -0.2) is 4.98 Å². The summed E-state index contributed by atoms with van der Waals surface area (Å²) in [5.41, 5.74) is 0.423. The van der Waals surface area contributed by atoms with E-state index in [-0.39, 0.29) is 11.9 Å². The number of carboxylic acids is 1. The fourth-order valence-electron chi connectivity index (χ4n) is 2.61. The number of carboxylic acid groups (broad SMARTS) is 1. The van der Waals surface area contributed by atoms with Gasteiger partial charge in [0.15, 0.2) is 0 Å². The third-order valence-corrected chi connectivity index (χ3v) is 3.85. The maximum absolute atomic E-state index is 12.4. The van der Waals surface area contributed by atoms with Gasteiger partial charge >= 0.3 is 5.97 Å². The molecule has 1 aromatic heterocycles. The number of amides is 1. The summed E-state index contributed by atoms with van der Waals surface area (Å²) in [6.07, 6.45) is 9.03. The van der Waals surface area contributed by atoms with E-state index in [0.717, 1.165) is 0 Å². The lowest BCUT2D eigenvalue weighted by Crippen LogP contribution is -2.37. The Hall–Kier alpha value is -3.22. The first-order valence-corrected chi connectivity index (χ1v) is 7.86. The normalized spacial score (nSPS) is 19.2. The molecule has 7 nitrogen and oxygen atoms in total. The zero-order valence-corrected chi connectivity index (χ0v) is 13.3. The summed E-state index contributed by atoms with van der Waals surface area (Å²) in [5.74, 6) is -0.801. The molecule has 1 aromatic carbocycles. The minimum atomic E-state index is -0.844. The highest BCUT2D eigenvalue weighted by molar-refractivity contribution is 5.95. The largest absolute Gasteiger partial charge is 0.481 e. The highest BCUT2D eigenvalue weighted by Crippen LogP contribution is 2.21. The molecule has 0 saturated heterocycles. The van der Waals surface area contributed by atoms with E-state index in [1.807, 2.05) is 6.08 Å². The number of allylic oxidation sites excluding steroid dienone is 1. The number of nitrogens with zero attached hydrogens (tertiary/aromatic N) is 2. The van der Waals surface area contributed by atoms with E-state index in [2.05, 4.69) is 15.3 Å². The molecule has 0 unspecified atom stereocenters. The molecule has 2 N–H and O–H groups in total. The van der Waals surface area contributed by atoms with Crippen molar-refractivity contribution in [2.75, 3.05) is 0 Å². The van der Waals surface area contributed by atoms with E-state index in [0.29, 0.717) is 30.0 Å². The van der Waals surface area contributed by atoms with Crippen LogP contribution in [-0.2, 0) is 4.79 Å². The fraction of sp³-hybridized carbons (Fsp3) is 0.222. The first-order chi connectivity index (χ1) is 12.1. The van der Waals surface area contributed by atoms with Crippen LogP contribution in [0.3, 0.4) is 0 Å². The molecule has 0 radical (unpaired) electrons. The van der Waals surface area contributed by atoms with E-state index in [9.17, 15) is 9.59 Å². The van der Waals surface area contributed by atoms with E-state index in [1.165, 1.54) is 12.4 Å². The van der Waals surface area contributed by atoms with Gasteiger partial charge in [-0.15, -0.1) is 0 Å². The van der Waals surface area contributed by atoms with Gasteiger partial charge in [-0.2, -0.15) is 0 Å². The van der Waals surface area contributed by atoms with Crippen LogP contribution in [0.2, 0.25) is 0 Å². The van der Waals surface area contributed by atoms with Crippen LogP contribution in [0.25, 0.3) is 0 Å². The second-order valence-corrected chi connectivity index (χ2v) is 5.69. The third kappa shape index (κ3) is 4.41. The number of nitrogens with one attached hydrogen (secondary N) is 1. The van der Waals surface area contributed by atoms with Crippen LogP contribution in [-0.4, -0.2) is 33.0 Å². The van der Waals surface area contributed by atoms with E-state index in [1.54, 1.807) is 36.5 Å². The van der Waals surface area contributed by atoms with Gasteiger partial charge in [0, 0.05) is 24.0 Å². The molecule has 128 valence electrons. The topological polar surface area (TPSA) is 101 Å². The van der Waals surface area contributed by atoms with E-state index < -0.39 is 11.9 Å². The molecule has 0 bridgehead atoms. The number of carbonyl (C=O) groups excluding carboxylic acids is 1. The highest BCUT2D eigenvalue weighted by atomic mass is 16.5. The molecule has 7 heteroatoms. The number of aromatic nitrogens is 2. The van der Waals surface area contributed by atoms with Crippen LogP contribution in [0.4, 0.5) is 0 Å². The van der Waals surface area contributed by atoms with Crippen LogP contribution >= 0.6 is 0 Å². The van der Waals surface area contributed by atoms with Gasteiger partial charge in [0.25, 0.3) is 5.91 Å². The predicted octanol–water partition coefficient (Wildman–Crippen LogP) is 2.42. The molecule has 0 aliphatic heterocycles. The summed E-state index contributed by atoms with van der Waals surface area (Å²) >= 11 is 0. The quantitative estimate of drug-likeness (QED) is 0.811. The van der Waals surface area contributed by atoms with Crippen molar-refractivity contribution >= 4 is 11.9 Å². The average Bonchev–Trinajstić information content (AvgIpc) is 2.63. The number of aliphatic carboxylic acids is 1. The highest BCUT2D eigenvalue weighted by Gasteiger charge is 2.24. The Morgan fingerprint density at radius 2 is 2.16 bits per heavy atom. The molecule has 0 fully saturated rings. The molecule has 1 amide bonds. The Balaban J connectivity index is 1.66. The zero-order chi connectivity index (χ0) is 17.6. The number of hydrogen-bond acceptors (Lipinski definition) is 5. The van der Waals surface area contributed by atoms with Crippen molar-refractivity contribution in [1.82, 2.24) is 15.3 Å². The first-order valence-electron chi connectivity index (χ1n) is 7.86. The van der Waals surface area contributed by atoms with Crippen molar-refractivity contribution in [3.05, 3.63) is 60.6 Å². The number of ether oxygens (including phenoxy) is 1. The molecule has 1 aliphatic carbocycles. The van der Waals surface area contributed by atoms with Crippen molar-refractivity contribution in [2.45, 2.75) is 18.9 Å². The van der Waals surface area contributed by atoms with Crippen LogP contribution in [0.1, 0.15) is 23.2 Å². The maximum atomic E-state index is 12.4. The van der Waals surface area contributed by atoms with Crippen LogP contribution in [0.5, 0.6) is 11.6 Å². The molecule has 3 rings (SSSR count). The van der Waals surface area contributed by atoms with Gasteiger partial charge in [0.2, 0.25) is 5.88 Å². The lowest BCUT2D eigenvalue weighted by atomic mass is 9.91. The molecular formula is C18H17N3O4. The number of carbonyl (C=O) groups is 2. The molecule has 0 spiro atoms. The summed E-state index contributed by atoms with van der Waals surface area (Å²) in [4.78, 5) is 31.4. The standard InChI is InChI=1S/C18H17N3O4/c22-17(21-14-5-1-4-13(9-14)18(23)24)12-3-2-6-15(10-12)25-16-11-19-7-8-20-16/h1-3,5-8,10-11,13-14H,4,9H2,(H,21,22)(H,23,24)/t13-,14-/m1/s1. The molecule has 1 aliphatic rings. The van der Waals surface area contributed by atoms with E-state index in [4.69, 9.17) is 9.84 Å². The van der Waals surface area contributed by atoms with Crippen molar-refractivity contribution < 1.29 is 19.4 Å². The minimum Gasteiger partial charge on any atom is -0.481 e. The second kappa shape index (κ2) is 7.57. The van der Waals surface area contributed by atoms with Gasteiger partial charge in [0.1, 0.15) is 5.75 Å². The molecule has 25 heavy (non-hydrogen) atoms. The summed E-state index contributed by atoms with van der Waals surface area (Å²) in [7, 11) is 0. The average molecular weight is 339 g/mol. The number of hydrogen-bond donors (Lipinski definition) is 2. The SMILES string of the molecule is O=C(N[C@@H]1C=CC[C@@H](C(=O)O)C1)c1cccc(Oc2cnccn2)c1. The molecule has 2 aromatic rings. The number of benzene rings is 1. The molecular weight excluding hydrogens is 322 g/mol. The van der Waals surface area contributed by atoms with Gasteiger partial charge in [-0.1, -0.05) is 18.2 Å². The van der Waals surface area contributed by atoms with Crippen LogP contribution in [0.15, 0.2) is 55.0 Å². The van der Waals surface area contributed by atoms with Gasteiger partial charge < -0.3 is 15.2 Å². The summed E-state index contributed by atoms with van der Waals surface area (Å²) in [5, 5.41) is 11.9. The smallest absolute Gasteiger partial charge is 0.306 e. The van der Waals surface area contributed by atoms with E-state index >= 15 is 0 Å². The first kappa shape index (κ1) is 16.6. The zero-order valence-electron chi connectivity index (χ0n) is 13.3. The Bertz CT molecular complexity index is 792. The van der Waals surface area contributed by atoms with Crippen molar-refractivity contribution in [3.8, 4) is 11.6 Å². The maximum Gasteiger partial charge on any atom is 0.306 e. The van der Waals surface area contributed by atoms with Crippen molar-refractivity contribution in [2.24, 2.45) is 5.92 Å². The van der Waals surface area contributed by atoms with Gasteiger partial charge in [-0.05, 0) is 31.0 Å². The second-order valence-electron chi connectivity index (χ2n) is 5.69. The van der Waals surface area contributed by atoms with Crippen molar-refractivity contribution in [1.29, 1.82) is 0 Å². The monoisotopic (exact) mass is 339 g/mol. The molecule has 0 saturated carbocycles. The lowest BCUT2D eigenvalue weighted by Gasteiger charge is -2.22.